The summed E-state index contributed by atoms with van der Waals surface area (Å²) in [6.45, 7) is 0. The maximum atomic E-state index is 13.2. The molecule has 1 aromatic heterocycles. The van der Waals surface area contributed by atoms with Crippen molar-refractivity contribution < 1.29 is 24.2 Å². The molecule has 5 aromatic rings. The minimum Gasteiger partial charge on any atom is -0.493 e. The van der Waals surface area contributed by atoms with E-state index in [0.29, 0.717) is 45.1 Å². The van der Waals surface area contributed by atoms with Gasteiger partial charge in [0.2, 0.25) is 29.3 Å². The van der Waals surface area contributed by atoms with Crippen molar-refractivity contribution >= 4 is 69.4 Å². The van der Waals surface area contributed by atoms with E-state index in [9.17, 15) is 19.8 Å². The highest BCUT2D eigenvalue weighted by atomic mass is 16.3. The van der Waals surface area contributed by atoms with Gasteiger partial charge in [0.05, 0.1) is 22.5 Å². The first-order valence-electron chi connectivity index (χ1n) is 15.1. The summed E-state index contributed by atoms with van der Waals surface area (Å²) in [7, 11) is 2.82. The molecule has 0 spiro atoms. The number of benzene rings is 4. The fourth-order valence-corrected chi connectivity index (χ4v) is 5.46. The Hall–Kier alpha value is -6.95. The minimum absolute atomic E-state index is 0.0621. The van der Waals surface area contributed by atoms with Crippen molar-refractivity contribution in [1.29, 1.82) is 0 Å². The summed E-state index contributed by atoms with van der Waals surface area (Å²) >= 11 is 0. The molecule has 0 saturated heterocycles. The number of hydrogen-bond acceptors (Lipinski definition) is 10. The zero-order valence-corrected chi connectivity index (χ0v) is 26.2. The second-order valence-electron chi connectivity index (χ2n) is 11.0. The Morgan fingerprint density at radius 3 is 1.73 bits per heavy atom. The van der Waals surface area contributed by atoms with Crippen LogP contribution in [0.4, 0.5) is 11.4 Å². The molecule has 4 aromatic carbocycles. The summed E-state index contributed by atoms with van der Waals surface area (Å²) in [6, 6.07) is 27.0. The van der Waals surface area contributed by atoms with Crippen LogP contribution < -0.4 is 10.9 Å². The maximum absolute atomic E-state index is 13.2. The van der Waals surface area contributed by atoms with Gasteiger partial charge in [-0.15, -0.1) is 0 Å². The lowest BCUT2D eigenvalue weighted by molar-refractivity contribution is -0.110. The summed E-state index contributed by atoms with van der Waals surface area (Å²) in [5, 5.41) is 29.2. The summed E-state index contributed by atoms with van der Waals surface area (Å²) in [4.78, 5) is 38.5. The van der Waals surface area contributed by atoms with Crippen molar-refractivity contribution in [2.24, 2.45) is 20.2 Å². The highest BCUT2D eigenvalue weighted by Gasteiger charge is 2.30. The molecule has 0 fully saturated rings. The Labute approximate surface area is 279 Å². The number of nitrogens with one attached hydrogen (secondary N) is 2. The van der Waals surface area contributed by atoms with E-state index in [4.69, 9.17) is 4.42 Å². The van der Waals surface area contributed by atoms with Crippen LogP contribution in [0.2, 0.25) is 0 Å². The molecule has 0 aliphatic heterocycles. The number of ketones is 2. The van der Waals surface area contributed by atoms with Gasteiger partial charge in [0.1, 0.15) is 16.9 Å². The predicted molar refractivity (Wildman–Crippen MR) is 191 cm³/mol. The van der Waals surface area contributed by atoms with Gasteiger partial charge >= 0.3 is 0 Å². The number of fused-ring (bicyclic) bond motifs is 3. The molecule has 2 aliphatic rings. The highest BCUT2D eigenvalue weighted by Crippen LogP contribution is 2.29. The minimum atomic E-state index is -0.455. The van der Waals surface area contributed by atoms with E-state index < -0.39 is 11.6 Å². The van der Waals surface area contributed by atoms with Crippen LogP contribution in [0.1, 0.15) is 22.3 Å². The number of nitrogens with zero attached hydrogens (tertiary/aromatic N) is 5. The molecule has 0 saturated carbocycles. The van der Waals surface area contributed by atoms with Crippen LogP contribution in [0, 0.1) is 0 Å². The van der Waals surface area contributed by atoms with Crippen LogP contribution in [0.15, 0.2) is 127 Å². The molecule has 0 amide bonds. The number of rotatable bonds is 7. The Morgan fingerprint density at radius 2 is 1.18 bits per heavy atom. The largest absolute Gasteiger partial charge is 0.493 e. The molecule has 4 N–H and O–H groups in total. The second kappa shape index (κ2) is 12.7. The van der Waals surface area contributed by atoms with Crippen LogP contribution in [-0.2, 0) is 9.59 Å². The van der Waals surface area contributed by atoms with Crippen LogP contribution in [0.3, 0.4) is 0 Å². The second-order valence-corrected chi connectivity index (χ2v) is 11.0. The van der Waals surface area contributed by atoms with Crippen LogP contribution >= 0.6 is 0 Å². The summed E-state index contributed by atoms with van der Waals surface area (Å²) < 4.78 is 6.06. The van der Waals surface area contributed by atoms with E-state index in [1.54, 1.807) is 54.6 Å². The van der Waals surface area contributed by atoms with Gasteiger partial charge in [-0.05, 0) is 59.7 Å². The molecule has 12 nitrogen and oxygen atoms in total. The number of oxazole rings is 1. The number of aliphatic hydroxyl groups excluding tert-OH is 2. The Kier molecular flexibility index (Phi) is 7.94. The summed E-state index contributed by atoms with van der Waals surface area (Å²) in [5.74, 6) is -1.23. The molecule has 240 valence electrons. The van der Waals surface area contributed by atoms with Crippen LogP contribution in [0.5, 0.6) is 0 Å². The molecule has 0 radical (unpaired) electrons. The molecular weight excluding hydrogens is 622 g/mol. The number of hydrogen-bond donors (Lipinski definition) is 4. The lowest BCUT2D eigenvalue weighted by atomic mass is 9.89. The normalized spacial score (nSPS) is 16.4. The zero-order chi connectivity index (χ0) is 34.1. The van der Waals surface area contributed by atoms with Crippen molar-refractivity contribution in [3.8, 4) is 11.5 Å². The summed E-state index contributed by atoms with van der Waals surface area (Å²) in [5.41, 5.74) is 12.0. The molecule has 12 heteroatoms. The average Bonchev–Trinajstić information content (AvgIpc) is 3.57. The van der Waals surface area contributed by atoms with Gasteiger partial charge in [-0.1, -0.05) is 48.5 Å². The van der Waals surface area contributed by atoms with Gasteiger partial charge in [-0.2, -0.15) is 10.2 Å². The van der Waals surface area contributed by atoms with Crippen molar-refractivity contribution in [3.63, 3.8) is 0 Å². The average molecular weight is 650 g/mol. The van der Waals surface area contributed by atoms with Crippen LogP contribution in [0.25, 0.3) is 34.7 Å². The number of Topliss-reactive ketones (excluding diaryl/α,β-unsaturated/α-hetero) is 2. The number of carbonyl (C=O) groups excluding carboxylic acids is 2. The number of anilines is 2. The smallest absolute Gasteiger partial charge is 0.227 e. The van der Waals surface area contributed by atoms with E-state index >= 15 is 0 Å². The number of hydrazone groups is 2. The van der Waals surface area contributed by atoms with E-state index in [1.165, 1.54) is 14.1 Å². The molecule has 2 aliphatic carbocycles. The lowest BCUT2D eigenvalue weighted by Gasteiger charge is -2.16. The van der Waals surface area contributed by atoms with Crippen molar-refractivity contribution in [2.75, 3.05) is 24.9 Å². The molecule has 49 heavy (non-hydrogen) atoms. The number of aromatic nitrogens is 1. The van der Waals surface area contributed by atoms with E-state index in [0.717, 1.165) is 11.1 Å². The Bertz CT molecular complexity index is 2360. The van der Waals surface area contributed by atoms with Gasteiger partial charge in [-0.3, -0.25) is 30.4 Å². The Balaban J connectivity index is 1.10. The third kappa shape index (κ3) is 5.78. The molecule has 7 rings (SSSR count). The first kappa shape index (κ1) is 30.7. The van der Waals surface area contributed by atoms with Gasteiger partial charge < -0.3 is 14.6 Å². The number of aliphatic imine (C=N–C) groups is 2. The molecule has 1 heterocycles. The van der Waals surface area contributed by atoms with Gasteiger partial charge in [0.15, 0.2) is 5.58 Å². The van der Waals surface area contributed by atoms with Gasteiger partial charge in [-0.25, -0.2) is 4.98 Å². The van der Waals surface area contributed by atoms with Gasteiger partial charge in [0.25, 0.3) is 0 Å². The SMILES string of the molecule is CN=C(O)C1=Cc2ccccc2/C(=N/Nc2ccc(-c3nc4ccc(N/N=C5\C(=O)C(C(O)=NC)=Cc6ccccc65)cc4o3)cc2)C1=O. The lowest BCUT2D eigenvalue weighted by Crippen LogP contribution is -2.27. The van der Waals surface area contributed by atoms with Gasteiger partial charge in [0, 0.05) is 36.9 Å². The highest BCUT2D eigenvalue weighted by molar-refractivity contribution is 6.59. The van der Waals surface area contributed by atoms with Crippen molar-refractivity contribution in [2.45, 2.75) is 0 Å². The zero-order valence-electron chi connectivity index (χ0n) is 26.2. The Morgan fingerprint density at radius 1 is 0.673 bits per heavy atom. The van der Waals surface area contributed by atoms with E-state index in [1.807, 2.05) is 48.5 Å². The standard InChI is InChI=1S/C37H27N7O5/c1-38-35(47)27-17-21-7-3-5-9-25(21)31(33(27)45)43-41-23-13-11-20(12-14-23)37-40-29-16-15-24(19-30(29)49-37)42-44-32-26-10-6-4-8-22(26)18-28(34(32)46)36(48)39-2/h3-19,41-42H,1-2H3,(H,38,47)(H,39,48)/b43-31-,44-32-. The van der Waals surface area contributed by atoms with Crippen molar-refractivity contribution in [1.82, 2.24) is 4.98 Å². The first-order chi connectivity index (χ1) is 23.8. The fraction of sp³-hybridized carbons (Fsp3) is 0.0541. The fourth-order valence-electron chi connectivity index (χ4n) is 5.46. The first-order valence-corrected chi connectivity index (χ1v) is 15.1. The van der Waals surface area contributed by atoms with Crippen molar-refractivity contribution in [3.05, 3.63) is 124 Å². The topological polar surface area (TPSA) is 174 Å². The number of carbonyl (C=O) groups is 2. The molecule has 0 bridgehead atoms. The molecule has 0 unspecified atom stereocenters. The summed E-state index contributed by atoms with van der Waals surface area (Å²) in [6.07, 6.45) is 3.19. The van der Waals surface area contributed by atoms with E-state index in [2.05, 4.69) is 36.0 Å². The van der Waals surface area contributed by atoms with Crippen LogP contribution in [-0.4, -0.2) is 64.1 Å². The predicted octanol–water partition coefficient (Wildman–Crippen LogP) is 6.23. The monoisotopic (exact) mass is 649 g/mol. The quantitative estimate of drug-likeness (QED) is 0.0912. The maximum Gasteiger partial charge on any atom is 0.227 e. The molecular formula is C37H27N7O5. The number of aliphatic hydroxyl groups is 2. The third-order valence-electron chi connectivity index (χ3n) is 7.97. The van der Waals surface area contributed by atoms with E-state index in [-0.39, 0.29) is 34.4 Å². The molecule has 0 atom stereocenters. The third-order valence-corrected chi connectivity index (χ3v) is 7.97.